The largest absolute Gasteiger partial charge is 0.497 e. The van der Waals surface area contributed by atoms with Gasteiger partial charge in [-0.05, 0) is 56.2 Å². The van der Waals surface area contributed by atoms with Crippen molar-refractivity contribution in [3.05, 3.63) is 59.7 Å². The molecule has 1 atom stereocenters. The average molecular weight is 544 g/mol. The maximum atomic E-state index is 13.6. The van der Waals surface area contributed by atoms with Gasteiger partial charge in [-0.25, -0.2) is 8.42 Å². The topological polar surface area (TPSA) is 96.0 Å². The highest BCUT2D eigenvalue weighted by molar-refractivity contribution is 7.92. The number of hydrogen-bond acceptors (Lipinski definition) is 5. The maximum Gasteiger partial charge on any atom is 0.416 e. The fourth-order valence-electron chi connectivity index (χ4n) is 3.72. The highest BCUT2D eigenvalue weighted by atomic mass is 32.2. The molecule has 37 heavy (non-hydrogen) atoms. The lowest BCUT2D eigenvalue weighted by Crippen LogP contribution is -2.53. The van der Waals surface area contributed by atoms with Crippen molar-refractivity contribution >= 4 is 27.5 Å². The monoisotopic (exact) mass is 543 g/mol. The summed E-state index contributed by atoms with van der Waals surface area (Å²) >= 11 is 0. The number of nitrogens with zero attached hydrogens (tertiary/aromatic N) is 2. The Hall–Kier alpha value is -3.28. The van der Waals surface area contributed by atoms with Gasteiger partial charge >= 0.3 is 6.18 Å². The third kappa shape index (κ3) is 8.38. The van der Waals surface area contributed by atoms with E-state index in [1.54, 1.807) is 45.0 Å². The molecule has 0 fully saturated rings. The van der Waals surface area contributed by atoms with Crippen molar-refractivity contribution in [2.24, 2.45) is 0 Å². The first-order valence-corrected chi connectivity index (χ1v) is 13.4. The molecule has 8 nitrogen and oxygen atoms in total. The summed E-state index contributed by atoms with van der Waals surface area (Å²) < 4.78 is 70.8. The van der Waals surface area contributed by atoms with E-state index in [0.717, 1.165) is 18.4 Å². The number of carbonyl (C=O) groups excluding carboxylic acids is 2. The summed E-state index contributed by atoms with van der Waals surface area (Å²) in [4.78, 5) is 27.8. The molecule has 0 spiro atoms. The van der Waals surface area contributed by atoms with E-state index >= 15 is 0 Å². The van der Waals surface area contributed by atoms with Crippen molar-refractivity contribution in [2.75, 3.05) is 24.2 Å². The average Bonchev–Trinajstić information content (AvgIpc) is 2.80. The number of anilines is 1. The molecule has 12 heteroatoms. The summed E-state index contributed by atoms with van der Waals surface area (Å²) in [5.41, 5.74) is -0.748. The maximum absolute atomic E-state index is 13.6. The number of ether oxygens (including phenoxy) is 1. The lowest BCUT2D eigenvalue weighted by atomic mass is 10.1. The molecule has 0 bridgehead atoms. The van der Waals surface area contributed by atoms with Gasteiger partial charge in [0.05, 0.1) is 24.6 Å². The number of nitrogens with one attached hydrogen (secondary N) is 1. The zero-order chi connectivity index (χ0) is 28.0. The molecule has 0 saturated carbocycles. The van der Waals surface area contributed by atoms with Crippen LogP contribution in [-0.4, -0.2) is 57.1 Å². The Kier molecular flexibility index (Phi) is 9.96. The van der Waals surface area contributed by atoms with Crippen LogP contribution in [-0.2, 0) is 32.3 Å². The minimum Gasteiger partial charge on any atom is -0.497 e. The predicted molar refractivity (Wildman–Crippen MR) is 135 cm³/mol. The second-order valence-corrected chi connectivity index (χ2v) is 10.7. The molecule has 0 saturated heterocycles. The Morgan fingerprint density at radius 2 is 1.73 bits per heavy atom. The fourth-order valence-corrected chi connectivity index (χ4v) is 4.56. The summed E-state index contributed by atoms with van der Waals surface area (Å²) in [5.74, 6) is -0.665. The SMILES string of the molecule is CC[C@H](C(=O)NC(C)C)N(Cc1cccc(OC)c1)C(=O)CN(c1cccc(C(F)(F)F)c1)S(C)(=O)=O. The summed E-state index contributed by atoms with van der Waals surface area (Å²) in [6.07, 6.45) is -3.68. The van der Waals surface area contributed by atoms with Gasteiger partial charge in [0, 0.05) is 12.6 Å². The Balaban J connectivity index is 2.51. The molecule has 0 radical (unpaired) electrons. The van der Waals surface area contributed by atoms with Gasteiger partial charge in [-0.2, -0.15) is 13.2 Å². The van der Waals surface area contributed by atoms with Gasteiger partial charge in [0.15, 0.2) is 0 Å². The van der Waals surface area contributed by atoms with E-state index in [9.17, 15) is 31.2 Å². The van der Waals surface area contributed by atoms with Crippen molar-refractivity contribution in [1.29, 1.82) is 0 Å². The second kappa shape index (κ2) is 12.3. The minimum atomic E-state index is -4.70. The smallest absolute Gasteiger partial charge is 0.416 e. The Morgan fingerprint density at radius 3 is 2.27 bits per heavy atom. The van der Waals surface area contributed by atoms with Gasteiger partial charge in [-0.15, -0.1) is 0 Å². The molecule has 2 amide bonds. The van der Waals surface area contributed by atoms with Gasteiger partial charge in [-0.1, -0.05) is 25.1 Å². The van der Waals surface area contributed by atoms with Gasteiger partial charge in [0.2, 0.25) is 21.8 Å². The third-order valence-corrected chi connectivity index (χ3v) is 6.59. The van der Waals surface area contributed by atoms with E-state index in [1.165, 1.54) is 18.1 Å². The van der Waals surface area contributed by atoms with Gasteiger partial charge < -0.3 is 15.0 Å². The quantitative estimate of drug-likeness (QED) is 0.465. The number of halogens is 3. The summed E-state index contributed by atoms with van der Waals surface area (Å²) in [6, 6.07) is 9.36. The molecule has 0 aromatic heterocycles. The first-order chi connectivity index (χ1) is 17.2. The van der Waals surface area contributed by atoms with Gasteiger partial charge in [-0.3, -0.25) is 13.9 Å². The summed E-state index contributed by atoms with van der Waals surface area (Å²) in [5, 5.41) is 2.76. The van der Waals surface area contributed by atoms with E-state index in [2.05, 4.69) is 5.32 Å². The van der Waals surface area contributed by atoms with Crippen LogP contribution in [0.15, 0.2) is 48.5 Å². The number of hydrogen-bond donors (Lipinski definition) is 1. The zero-order valence-corrected chi connectivity index (χ0v) is 22.2. The van der Waals surface area contributed by atoms with Crippen LogP contribution in [0.25, 0.3) is 0 Å². The number of methoxy groups -OCH3 is 1. The molecule has 2 rings (SSSR count). The van der Waals surface area contributed by atoms with Crippen molar-refractivity contribution in [3.63, 3.8) is 0 Å². The standard InChI is InChI=1S/C25H32F3N3O5S/c1-6-22(24(33)29-17(2)3)30(15-18-9-7-12-21(13-18)36-4)23(32)16-31(37(5,34)35)20-11-8-10-19(14-20)25(26,27)28/h7-14,17,22H,6,15-16H2,1-5H3,(H,29,33)/t22-/m1/s1. The lowest BCUT2D eigenvalue weighted by molar-refractivity contribution is -0.140. The highest BCUT2D eigenvalue weighted by Gasteiger charge is 2.34. The van der Waals surface area contributed by atoms with Gasteiger partial charge in [0.1, 0.15) is 18.3 Å². The molecule has 0 heterocycles. The van der Waals surface area contributed by atoms with Crippen LogP contribution in [0.5, 0.6) is 5.75 Å². The third-order valence-electron chi connectivity index (χ3n) is 5.44. The second-order valence-electron chi connectivity index (χ2n) is 8.78. The molecular formula is C25H32F3N3O5S. The Labute approximate surface area is 215 Å². The molecule has 0 aliphatic heterocycles. The van der Waals surface area contributed by atoms with Crippen LogP contribution in [0.1, 0.15) is 38.3 Å². The van der Waals surface area contributed by atoms with E-state index in [1.807, 2.05) is 0 Å². The normalized spacial score (nSPS) is 12.7. The Bertz CT molecular complexity index is 1200. The number of rotatable bonds is 11. The van der Waals surface area contributed by atoms with Crippen molar-refractivity contribution in [2.45, 2.75) is 52.0 Å². The number of benzene rings is 2. The zero-order valence-electron chi connectivity index (χ0n) is 21.4. The van der Waals surface area contributed by atoms with E-state index < -0.39 is 46.2 Å². The fraction of sp³-hybridized carbons (Fsp3) is 0.440. The van der Waals surface area contributed by atoms with Crippen LogP contribution in [0.2, 0.25) is 0 Å². The van der Waals surface area contributed by atoms with Crippen LogP contribution in [0.4, 0.5) is 18.9 Å². The van der Waals surface area contributed by atoms with Gasteiger partial charge in [0.25, 0.3) is 0 Å². The van der Waals surface area contributed by atoms with Crippen LogP contribution in [0.3, 0.4) is 0 Å². The van der Waals surface area contributed by atoms with Crippen LogP contribution >= 0.6 is 0 Å². The molecule has 1 N–H and O–H groups in total. The van der Waals surface area contributed by atoms with Crippen molar-refractivity contribution in [1.82, 2.24) is 10.2 Å². The number of alkyl halides is 3. The molecule has 204 valence electrons. The van der Waals surface area contributed by atoms with Crippen molar-refractivity contribution in [3.8, 4) is 5.75 Å². The molecule has 0 aliphatic rings. The molecule has 0 unspecified atom stereocenters. The summed E-state index contributed by atoms with van der Waals surface area (Å²) in [6.45, 7) is 4.38. The number of amides is 2. The first-order valence-electron chi connectivity index (χ1n) is 11.5. The minimum absolute atomic E-state index is 0.0553. The molecule has 2 aromatic rings. The Morgan fingerprint density at radius 1 is 1.08 bits per heavy atom. The molecule has 2 aromatic carbocycles. The van der Waals surface area contributed by atoms with E-state index in [0.29, 0.717) is 21.7 Å². The summed E-state index contributed by atoms with van der Waals surface area (Å²) in [7, 11) is -2.69. The first kappa shape index (κ1) is 29.9. The van der Waals surface area contributed by atoms with E-state index in [4.69, 9.17) is 4.74 Å². The highest BCUT2D eigenvalue weighted by Crippen LogP contribution is 2.32. The number of sulfonamides is 1. The molecular weight excluding hydrogens is 511 g/mol. The van der Waals surface area contributed by atoms with Crippen LogP contribution < -0.4 is 14.4 Å². The van der Waals surface area contributed by atoms with Crippen molar-refractivity contribution < 1.29 is 35.9 Å². The van der Waals surface area contributed by atoms with E-state index in [-0.39, 0.29) is 24.7 Å². The lowest BCUT2D eigenvalue weighted by Gasteiger charge is -2.33. The predicted octanol–water partition coefficient (Wildman–Crippen LogP) is 3.81. The number of carbonyl (C=O) groups is 2. The molecule has 0 aliphatic carbocycles. The van der Waals surface area contributed by atoms with Crippen LogP contribution in [0, 0.1) is 0 Å².